The summed E-state index contributed by atoms with van der Waals surface area (Å²) in [6.45, 7) is 0.724. The van der Waals surface area contributed by atoms with Crippen LogP contribution in [0.5, 0.6) is 5.75 Å². The fourth-order valence-corrected chi connectivity index (χ4v) is 5.43. The van der Waals surface area contributed by atoms with Crippen molar-refractivity contribution in [2.45, 2.75) is 17.1 Å². The van der Waals surface area contributed by atoms with Crippen LogP contribution >= 0.6 is 11.3 Å². The number of carbonyl (C=O) groups excluding carboxylic acids is 1. The van der Waals surface area contributed by atoms with E-state index >= 15 is 0 Å². The monoisotopic (exact) mass is 380 g/mol. The molecule has 0 atom stereocenters. The smallest absolute Gasteiger partial charge is 0.252 e. The van der Waals surface area contributed by atoms with E-state index in [9.17, 15) is 13.2 Å². The fraction of sp³-hybridized carbons (Fsp3) is 0.353. The van der Waals surface area contributed by atoms with Crippen molar-refractivity contribution in [1.29, 1.82) is 0 Å². The molecule has 1 aliphatic rings. The molecular weight excluding hydrogens is 360 g/mol. The molecule has 1 saturated heterocycles. The molecule has 0 saturated carbocycles. The standard InChI is InChI=1S/C17H20N2O4S2/c1-23-15-6-4-14(5-7-15)18-17(20)13-8-10-19(11-9-13)25(21,22)16-3-2-12-24-16/h2-7,12-13H,8-11H2,1H3,(H,18,20). The zero-order valence-electron chi connectivity index (χ0n) is 13.8. The van der Waals surface area contributed by atoms with Crippen molar-refractivity contribution in [3.8, 4) is 5.75 Å². The van der Waals surface area contributed by atoms with Crippen molar-refractivity contribution >= 4 is 33.0 Å². The van der Waals surface area contributed by atoms with Crippen LogP contribution in [0, 0.1) is 5.92 Å². The molecule has 6 nitrogen and oxygen atoms in total. The number of nitrogens with one attached hydrogen (secondary N) is 1. The Morgan fingerprint density at radius 1 is 1.20 bits per heavy atom. The number of ether oxygens (including phenoxy) is 1. The minimum atomic E-state index is -3.43. The third kappa shape index (κ3) is 4.02. The van der Waals surface area contributed by atoms with Crippen molar-refractivity contribution in [2.24, 2.45) is 5.92 Å². The number of rotatable bonds is 5. The first-order valence-electron chi connectivity index (χ1n) is 7.99. The van der Waals surface area contributed by atoms with Gasteiger partial charge in [0.1, 0.15) is 9.96 Å². The number of hydrogen-bond acceptors (Lipinski definition) is 5. The largest absolute Gasteiger partial charge is 0.497 e. The molecular formula is C17H20N2O4S2. The van der Waals surface area contributed by atoms with Gasteiger partial charge in [0, 0.05) is 24.7 Å². The molecule has 2 aromatic rings. The average Bonchev–Trinajstić information content (AvgIpc) is 3.18. The van der Waals surface area contributed by atoms with Crippen molar-refractivity contribution < 1.29 is 17.9 Å². The van der Waals surface area contributed by atoms with E-state index in [4.69, 9.17) is 4.74 Å². The summed E-state index contributed by atoms with van der Waals surface area (Å²) in [5.41, 5.74) is 0.708. The highest BCUT2D eigenvalue weighted by atomic mass is 32.2. The quantitative estimate of drug-likeness (QED) is 0.865. The normalized spacial score (nSPS) is 16.5. The number of hydrogen-bond donors (Lipinski definition) is 1. The molecule has 0 spiro atoms. The van der Waals surface area contributed by atoms with Gasteiger partial charge in [-0.05, 0) is 48.6 Å². The van der Waals surface area contributed by atoms with Crippen LogP contribution in [-0.4, -0.2) is 38.8 Å². The number of sulfonamides is 1. The molecule has 1 amide bonds. The van der Waals surface area contributed by atoms with Gasteiger partial charge in [0.2, 0.25) is 5.91 Å². The highest BCUT2D eigenvalue weighted by Crippen LogP contribution is 2.27. The SMILES string of the molecule is COc1ccc(NC(=O)C2CCN(S(=O)(=O)c3cccs3)CC2)cc1. The number of benzene rings is 1. The third-order valence-electron chi connectivity index (χ3n) is 4.27. The number of thiophene rings is 1. The Morgan fingerprint density at radius 3 is 2.44 bits per heavy atom. The molecule has 3 rings (SSSR count). The molecule has 0 unspecified atom stereocenters. The summed E-state index contributed by atoms with van der Waals surface area (Å²) in [6.07, 6.45) is 1.04. The van der Waals surface area contributed by atoms with Crippen LogP contribution in [0.15, 0.2) is 46.0 Å². The molecule has 0 aliphatic carbocycles. The summed E-state index contributed by atoms with van der Waals surface area (Å²) in [5, 5.41) is 4.64. The maximum atomic E-state index is 12.5. The van der Waals surface area contributed by atoms with Crippen LogP contribution in [0.2, 0.25) is 0 Å². The van der Waals surface area contributed by atoms with E-state index in [1.807, 2.05) is 0 Å². The Labute approximate surface area is 151 Å². The number of anilines is 1. The van der Waals surface area contributed by atoms with Gasteiger partial charge >= 0.3 is 0 Å². The van der Waals surface area contributed by atoms with E-state index in [2.05, 4.69) is 5.32 Å². The molecule has 0 radical (unpaired) electrons. The number of nitrogens with zero attached hydrogens (tertiary/aromatic N) is 1. The van der Waals surface area contributed by atoms with Crippen LogP contribution in [0.25, 0.3) is 0 Å². The number of piperidine rings is 1. The lowest BCUT2D eigenvalue weighted by atomic mass is 9.97. The van der Waals surface area contributed by atoms with Crippen molar-refractivity contribution in [3.05, 3.63) is 41.8 Å². The second kappa shape index (κ2) is 7.55. The van der Waals surface area contributed by atoms with E-state index < -0.39 is 10.0 Å². The fourth-order valence-electron chi connectivity index (χ4n) is 2.81. The number of amides is 1. The van der Waals surface area contributed by atoms with Crippen molar-refractivity contribution in [1.82, 2.24) is 4.31 Å². The van der Waals surface area contributed by atoms with Gasteiger partial charge in [-0.1, -0.05) is 6.07 Å². The van der Waals surface area contributed by atoms with Crippen molar-refractivity contribution in [3.63, 3.8) is 0 Å². The first kappa shape index (κ1) is 17.9. The summed E-state index contributed by atoms with van der Waals surface area (Å²) < 4.78 is 31.9. The number of methoxy groups -OCH3 is 1. The highest BCUT2D eigenvalue weighted by Gasteiger charge is 2.32. The topological polar surface area (TPSA) is 75.7 Å². The summed E-state index contributed by atoms with van der Waals surface area (Å²) >= 11 is 1.22. The van der Waals surface area contributed by atoms with Gasteiger partial charge < -0.3 is 10.1 Å². The Balaban J connectivity index is 1.57. The van der Waals surface area contributed by atoms with Gasteiger partial charge in [0.05, 0.1) is 7.11 Å². The van der Waals surface area contributed by atoms with Crippen LogP contribution < -0.4 is 10.1 Å². The van der Waals surface area contributed by atoms with Gasteiger partial charge in [0.25, 0.3) is 10.0 Å². The summed E-state index contributed by atoms with van der Waals surface area (Å²) in [6, 6.07) is 10.5. The minimum absolute atomic E-state index is 0.0710. The second-order valence-corrected chi connectivity index (χ2v) is 8.94. The highest BCUT2D eigenvalue weighted by molar-refractivity contribution is 7.91. The molecule has 1 aromatic carbocycles. The van der Waals surface area contributed by atoms with Gasteiger partial charge in [-0.15, -0.1) is 11.3 Å². The minimum Gasteiger partial charge on any atom is -0.497 e. The van der Waals surface area contributed by atoms with Crippen LogP contribution in [-0.2, 0) is 14.8 Å². The Bertz CT molecular complexity index is 809. The molecule has 1 aliphatic heterocycles. The van der Waals surface area contributed by atoms with Crippen LogP contribution in [0.1, 0.15) is 12.8 Å². The zero-order chi connectivity index (χ0) is 17.9. The lowest BCUT2D eigenvalue weighted by molar-refractivity contribution is -0.120. The Hall–Kier alpha value is -1.90. The van der Waals surface area contributed by atoms with Crippen LogP contribution in [0.4, 0.5) is 5.69 Å². The molecule has 25 heavy (non-hydrogen) atoms. The average molecular weight is 380 g/mol. The number of carbonyl (C=O) groups is 1. The Morgan fingerprint density at radius 2 is 1.88 bits per heavy atom. The zero-order valence-corrected chi connectivity index (χ0v) is 15.5. The van der Waals surface area contributed by atoms with Crippen LogP contribution in [0.3, 0.4) is 0 Å². The van der Waals surface area contributed by atoms with E-state index in [1.54, 1.807) is 48.9 Å². The predicted molar refractivity (Wildman–Crippen MR) is 97.4 cm³/mol. The molecule has 0 bridgehead atoms. The molecule has 134 valence electrons. The summed E-state index contributed by atoms with van der Waals surface area (Å²) in [5.74, 6) is 0.473. The maximum Gasteiger partial charge on any atom is 0.252 e. The molecule has 8 heteroatoms. The van der Waals surface area contributed by atoms with E-state index in [0.29, 0.717) is 35.8 Å². The molecule has 1 N–H and O–H groups in total. The molecule has 1 fully saturated rings. The Kier molecular flexibility index (Phi) is 5.41. The van der Waals surface area contributed by atoms with Crippen molar-refractivity contribution in [2.75, 3.05) is 25.5 Å². The predicted octanol–water partition coefficient (Wildman–Crippen LogP) is 2.80. The lowest BCUT2D eigenvalue weighted by Gasteiger charge is -2.30. The second-order valence-electron chi connectivity index (χ2n) is 5.83. The van der Waals surface area contributed by atoms with E-state index in [1.165, 1.54) is 15.6 Å². The van der Waals surface area contributed by atoms with E-state index in [-0.39, 0.29) is 11.8 Å². The van der Waals surface area contributed by atoms with E-state index in [0.717, 1.165) is 5.75 Å². The maximum absolute atomic E-state index is 12.5. The first-order valence-corrected chi connectivity index (χ1v) is 10.3. The third-order valence-corrected chi connectivity index (χ3v) is 7.54. The van der Waals surface area contributed by atoms with Gasteiger partial charge in [-0.25, -0.2) is 8.42 Å². The first-order chi connectivity index (χ1) is 12.0. The lowest BCUT2D eigenvalue weighted by Crippen LogP contribution is -2.41. The molecule has 2 heterocycles. The summed E-state index contributed by atoms with van der Waals surface area (Å²) in [7, 11) is -1.84. The van der Waals surface area contributed by atoms with Gasteiger partial charge in [-0.3, -0.25) is 4.79 Å². The van der Waals surface area contributed by atoms with Gasteiger partial charge in [0.15, 0.2) is 0 Å². The summed E-state index contributed by atoms with van der Waals surface area (Å²) in [4.78, 5) is 12.4. The molecule has 1 aromatic heterocycles. The van der Waals surface area contributed by atoms with Gasteiger partial charge in [-0.2, -0.15) is 4.31 Å².